The van der Waals surface area contributed by atoms with Crippen molar-refractivity contribution in [1.82, 2.24) is 15.1 Å². The molecule has 1 N–H and O–H groups in total. The van der Waals surface area contributed by atoms with Crippen molar-refractivity contribution in [2.75, 3.05) is 25.1 Å². The largest absolute Gasteiger partial charge is 0.508 e. The minimum atomic E-state index is -0.383. The Labute approximate surface area is 160 Å². The maximum atomic E-state index is 13.0. The molecule has 3 heterocycles. The van der Waals surface area contributed by atoms with Gasteiger partial charge in [0.2, 0.25) is 16.9 Å². The monoisotopic (exact) mass is 388 g/mol. The molecule has 8 nitrogen and oxygen atoms in total. The van der Waals surface area contributed by atoms with Gasteiger partial charge < -0.3 is 14.7 Å². The van der Waals surface area contributed by atoms with E-state index in [9.17, 15) is 14.7 Å². The Morgan fingerprint density at radius 1 is 1.37 bits per heavy atom. The summed E-state index contributed by atoms with van der Waals surface area (Å²) in [6.45, 7) is 1.76. The lowest BCUT2D eigenvalue weighted by Gasteiger charge is -2.30. The second kappa shape index (κ2) is 7.24. The van der Waals surface area contributed by atoms with Gasteiger partial charge in [-0.15, -0.1) is 10.2 Å². The Morgan fingerprint density at radius 2 is 2.22 bits per heavy atom. The van der Waals surface area contributed by atoms with E-state index in [0.717, 1.165) is 17.5 Å². The van der Waals surface area contributed by atoms with Crippen LogP contribution in [0.3, 0.4) is 0 Å². The highest BCUT2D eigenvalue weighted by atomic mass is 32.1. The van der Waals surface area contributed by atoms with E-state index in [2.05, 4.69) is 10.2 Å². The third-order valence-corrected chi connectivity index (χ3v) is 5.86. The van der Waals surface area contributed by atoms with Gasteiger partial charge in [0.25, 0.3) is 0 Å². The molecular formula is C18H20N4O4S. The van der Waals surface area contributed by atoms with Crippen LogP contribution in [0.5, 0.6) is 5.75 Å². The highest BCUT2D eigenvalue weighted by Gasteiger charge is 2.39. The molecule has 0 saturated carbocycles. The first-order valence-corrected chi connectivity index (χ1v) is 9.58. The summed E-state index contributed by atoms with van der Waals surface area (Å²) in [5, 5.41) is 19.0. The summed E-state index contributed by atoms with van der Waals surface area (Å²) in [6, 6.07) is 5.28. The van der Waals surface area contributed by atoms with Crippen LogP contribution in [0.25, 0.3) is 0 Å². The third-order valence-electron chi connectivity index (χ3n) is 4.94. The Balaban J connectivity index is 1.45. The average molecular weight is 388 g/mol. The van der Waals surface area contributed by atoms with Gasteiger partial charge in [-0.05, 0) is 29.7 Å². The van der Waals surface area contributed by atoms with Crippen LogP contribution in [0.2, 0.25) is 0 Å². The number of anilines is 1. The van der Waals surface area contributed by atoms with E-state index in [1.165, 1.54) is 11.3 Å². The molecular weight excluding hydrogens is 368 g/mol. The quantitative estimate of drug-likeness (QED) is 0.849. The molecule has 1 saturated heterocycles. The Bertz CT molecular complexity index is 884. The fourth-order valence-corrected chi connectivity index (χ4v) is 4.42. The third kappa shape index (κ3) is 3.52. The average Bonchev–Trinajstić information content (AvgIpc) is 3.27. The van der Waals surface area contributed by atoms with Crippen LogP contribution in [0.1, 0.15) is 22.6 Å². The summed E-state index contributed by atoms with van der Waals surface area (Å²) >= 11 is 1.31. The van der Waals surface area contributed by atoms with E-state index in [1.54, 1.807) is 29.0 Å². The van der Waals surface area contributed by atoms with Crippen molar-refractivity contribution >= 4 is 28.3 Å². The Hall–Kier alpha value is -2.52. The number of ether oxygens (including phenoxy) is 1. The van der Waals surface area contributed by atoms with Crippen LogP contribution in [0.15, 0.2) is 18.2 Å². The number of aromatic nitrogens is 2. The van der Waals surface area contributed by atoms with Gasteiger partial charge in [-0.25, -0.2) is 0 Å². The lowest BCUT2D eigenvalue weighted by atomic mass is 9.97. The van der Waals surface area contributed by atoms with Gasteiger partial charge in [-0.2, -0.15) is 0 Å². The SMILES string of the molecule is COCc1nnc(N2CC(C(=O)N3CCc4ccc(O)cc4C3)CC2=O)s1. The molecule has 1 aromatic carbocycles. The molecule has 2 amide bonds. The fourth-order valence-electron chi connectivity index (χ4n) is 3.58. The number of hydrogen-bond acceptors (Lipinski definition) is 7. The number of amides is 2. The molecule has 0 spiro atoms. The van der Waals surface area contributed by atoms with E-state index in [-0.39, 0.29) is 29.9 Å². The zero-order chi connectivity index (χ0) is 19.0. The molecule has 0 radical (unpaired) electrons. The van der Waals surface area contributed by atoms with Crippen molar-refractivity contribution in [3.05, 3.63) is 34.3 Å². The molecule has 142 valence electrons. The van der Waals surface area contributed by atoms with E-state index < -0.39 is 0 Å². The van der Waals surface area contributed by atoms with Crippen LogP contribution >= 0.6 is 11.3 Å². The number of carbonyl (C=O) groups is 2. The Kier molecular flexibility index (Phi) is 4.79. The second-order valence-electron chi connectivity index (χ2n) is 6.78. The maximum absolute atomic E-state index is 13.0. The molecule has 2 aliphatic rings. The molecule has 2 aromatic rings. The van der Waals surface area contributed by atoms with Crippen LogP contribution in [0.4, 0.5) is 5.13 Å². The van der Waals surface area contributed by atoms with Gasteiger partial charge in [-0.1, -0.05) is 17.4 Å². The van der Waals surface area contributed by atoms with Gasteiger partial charge in [0.1, 0.15) is 17.4 Å². The van der Waals surface area contributed by atoms with Crippen molar-refractivity contribution in [2.45, 2.75) is 26.0 Å². The van der Waals surface area contributed by atoms with Crippen molar-refractivity contribution in [3.63, 3.8) is 0 Å². The molecule has 4 rings (SSSR count). The summed E-state index contributed by atoms with van der Waals surface area (Å²) in [4.78, 5) is 28.7. The normalized spacial score (nSPS) is 19.4. The molecule has 1 unspecified atom stereocenters. The minimum Gasteiger partial charge on any atom is -0.508 e. The number of phenolic OH excluding ortho intramolecular Hbond substituents is 1. The highest BCUT2D eigenvalue weighted by molar-refractivity contribution is 7.15. The lowest BCUT2D eigenvalue weighted by Crippen LogP contribution is -2.40. The lowest BCUT2D eigenvalue weighted by molar-refractivity contribution is -0.136. The molecule has 2 aliphatic heterocycles. The summed E-state index contributed by atoms with van der Waals surface area (Å²) in [7, 11) is 1.58. The highest BCUT2D eigenvalue weighted by Crippen LogP contribution is 2.30. The first kappa shape index (κ1) is 17.9. The van der Waals surface area contributed by atoms with E-state index in [0.29, 0.717) is 36.4 Å². The summed E-state index contributed by atoms with van der Waals surface area (Å²) in [6.07, 6.45) is 0.934. The number of hydrogen-bond donors (Lipinski definition) is 1. The van der Waals surface area contributed by atoms with E-state index in [1.807, 2.05) is 6.07 Å². The van der Waals surface area contributed by atoms with Crippen LogP contribution in [-0.2, 0) is 33.9 Å². The number of aromatic hydroxyl groups is 1. The van der Waals surface area contributed by atoms with E-state index >= 15 is 0 Å². The standard InChI is InChI=1S/C18H20N4O4S/c1-26-10-15-19-20-18(27-15)22-9-13(7-16(22)24)17(25)21-5-4-11-2-3-14(23)6-12(11)8-21/h2-3,6,13,23H,4-5,7-10H2,1H3. The van der Waals surface area contributed by atoms with Crippen molar-refractivity contribution in [2.24, 2.45) is 5.92 Å². The van der Waals surface area contributed by atoms with Crippen molar-refractivity contribution < 1.29 is 19.4 Å². The van der Waals surface area contributed by atoms with Gasteiger partial charge in [0, 0.05) is 33.2 Å². The number of carbonyl (C=O) groups excluding carboxylic acids is 2. The maximum Gasteiger partial charge on any atom is 0.229 e. The predicted octanol–water partition coefficient (Wildman–Crippen LogP) is 1.33. The molecule has 0 aliphatic carbocycles. The Morgan fingerprint density at radius 3 is 3.04 bits per heavy atom. The first-order chi connectivity index (χ1) is 13.0. The van der Waals surface area contributed by atoms with E-state index in [4.69, 9.17) is 4.74 Å². The number of nitrogens with zero attached hydrogens (tertiary/aromatic N) is 4. The number of benzene rings is 1. The van der Waals surface area contributed by atoms with Gasteiger partial charge in [-0.3, -0.25) is 14.5 Å². The van der Waals surface area contributed by atoms with Crippen LogP contribution in [0, 0.1) is 5.92 Å². The zero-order valence-corrected chi connectivity index (χ0v) is 15.7. The molecule has 0 bridgehead atoms. The van der Waals surface area contributed by atoms with Gasteiger partial charge >= 0.3 is 0 Å². The van der Waals surface area contributed by atoms with Crippen molar-refractivity contribution in [3.8, 4) is 5.75 Å². The molecule has 27 heavy (non-hydrogen) atoms. The summed E-state index contributed by atoms with van der Waals surface area (Å²) in [5.41, 5.74) is 2.12. The molecule has 1 fully saturated rings. The number of phenols is 1. The van der Waals surface area contributed by atoms with Crippen LogP contribution < -0.4 is 4.90 Å². The zero-order valence-electron chi connectivity index (χ0n) is 14.9. The number of methoxy groups -OCH3 is 1. The number of rotatable bonds is 4. The van der Waals surface area contributed by atoms with Crippen molar-refractivity contribution in [1.29, 1.82) is 0 Å². The fraction of sp³-hybridized carbons (Fsp3) is 0.444. The van der Waals surface area contributed by atoms with Gasteiger partial charge in [0.05, 0.1) is 5.92 Å². The molecule has 1 aromatic heterocycles. The van der Waals surface area contributed by atoms with Crippen LogP contribution in [-0.4, -0.2) is 52.2 Å². The van der Waals surface area contributed by atoms with Gasteiger partial charge in [0.15, 0.2) is 0 Å². The minimum absolute atomic E-state index is 0.0264. The predicted molar refractivity (Wildman–Crippen MR) is 98.3 cm³/mol. The molecule has 1 atom stereocenters. The summed E-state index contributed by atoms with van der Waals surface area (Å²) < 4.78 is 5.03. The number of fused-ring (bicyclic) bond motifs is 1. The topological polar surface area (TPSA) is 95.9 Å². The second-order valence-corrected chi connectivity index (χ2v) is 7.82. The first-order valence-electron chi connectivity index (χ1n) is 8.76. The summed E-state index contributed by atoms with van der Waals surface area (Å²) in [5.74, 6) is -0.315. The molecule has 9 heteroatoms. The smallest absolute Gasteiger partial charge is 0.229 e.